The molecule has 0 radical (unpaired) electrons. The molecule has 2 N–H and O–H groups in total. The monoisotopic (exact) mass is 357 g/mol. The third-order valence-electron chi connectivity index (χ3n) is 3.19. The van der Waals surface area contributed by atoms with Crippen LogP contribution in [0.3, 0.4) is 0 Å². The van der Waals surface area contributed by atoms with Gasteiger partial charge in [0.1, 0.15) is 0 Å². The maximum absolute atomic E-state index is 12.0. The van der Waals surface area contributed by atoms with Gasteiger partial charge < -0.3 is 5.32 Å². The van der Waals surface area contributed by atoms with E-state index in [9.17, 15) is 9.59 Å². The Balaban J connectivity index is 1.50. The predicted molar refractivity (Wildman–Crippen MR) is 96.4 cm³/mol. The Morgan fingerprint density at radius 2 is 1.88 bits per heavy atom. The average molecular weight is 357 g/mol. The van der Waals surface area contributed by atoms with Crippen LogP contribution in [0.25, 0.3) is 0 Å². The van der Waals surface area contributed by atoms with Crippen molar-refractivity contribution in [3.05, 3.63) is 69.4 Å². The summed E-state index contributed by atoms with van der Waals surface area (Å²) < 4.78 is 0. The maximum atomic E-state index is 12.0. The Kier molecular flexibility index (Phi) is 5.35. The van der Waals surface area contributed by atoms with Crippen LogP contribution in [0.4, 0.5) is 5.13 Å². The van der Waals surface area contributed by atoms with Gasteiger partial charge in [-0.25, -0.2) is 4.98 Å². The number of hydrogen-bond acceptors (Lipinski definition) is 5. The second-order valence-electron chi connectivity index (χ2n) is 5.01. The zero-order valence-corrected chi connectivity index (χ0v) is 14.3. The number of nitrogens with one attached hydrogen (secondary N) is 2. The first kappa shape index (κ1) is 16.4. The molecule has 5 nitrogen and oxygen atoms in total. The lowest BCUT2D eigenvalue weighted by molar-refractivity contribution is -0.120. The molecule has 7 heteroatoms. The number of thiophene rings is 1. The third-order valence-corrected chi connectivity index (χ3v) is 4.87. The van der Waals surface area contributed by atoms with Gasteiger partial charge in [0.2, 0.25) is 5.91 Å². The van der Waals surface area contributed by atoms with E-state index in [0.29, 0.717) is 22.2 Å². The normalized spacial score (nSPS) is 10.3. The molecule has 24 heavy (non-hydrogen) atoms. The number of anilines is 1. The molecule has 1 aromatic carbocycles. The average Bonchev–Trinajstić information content (AvgIpc) is 3.26. The summed E-state index contributed by atoms with van der Waals surface area (Å²) in [6.07, 6.45) is 0.193. The van der Waals surface area contributed by atoms with Crippen LogP contribution in [0.2, 0.25) is 0 Å². The van der Waals surface area contributed by atoms with E-state index in [1.54, 1.807) is 11.4 Å². The molecule has 0 spiro atoms. The number of carbonyl (C=O) groups excluding carboxylic acids is 2. The standard InChI is InChI=1S/C17H15N3O2S2/c21-15(18-10-12-5-2-1-3-6-12)9-13-11-24-17(19-13)20-16(22)14-7-4-8-23-14/h1-8,11H,9-10H2,(H,18,21)(H,19,20,22). The van der Waals surface area contributed by atoms with Gasteiger partial charge >= 0.3 is 0 Å². The Morgan fingerprint density at radius 1 is 1.04 bits per heavy atom. The molecular formula is C17H15N3O2S2. The summed E-state index contributed by atoms with van der Waals surface area (Å²) in [6.45, 7) is 0.492. The predicted octanol–water partition coefficient (Wildman–Crippen LogP) is 3.32. The summed E-state index contributed by atoms with van der Waals surface area (Å²) in [7, 11) is 0. The highest BCUT2D eigenvalue weighted by Gasteiger charge is 2.11. The van der Waals surface area contributed by atoms with Crippen LogP contribution in [-0.2, 0) is 17.8 Å². The molecule has 3 aromatic rings. The molecule has 2 heterocycles. The fourth-order valence-electron chi connectivity index (χ4n) is 2.04. The van der Waals surface area contributed by atoms with E-state index in [1.807, 2.05) is 41.8 Å². The van der Waals surface area contributed by atoms with Gasteiger partial charge in [-0.2, -0.15) is 0 Å². The van der Waals surface area contributed by atoms with E-state index < -0.39 is 0 Å². The molecule has 3 rings (SSSR count). The van der Waals surface area contributed by atoms with Crippen LogP contribution in [0.15, 0.2) is 53.2 Å². The molecule has 0 bridgehead atoms. The molecule has 0 fully saturated rings. The molecule has 0 saturated heterocycles. The van der Waals surface area contributed by atoms with E-state index in [-0.39, 0.29) is 18.2 Å². The SMILES string of the molecule is O=C(Cc1csc(NC(=O)c2cccs2)n1)NCc1ccccc1. The first-order valence-corrected chi connectivity index (χ1v) is 9.06. The number of thiazole rings is 1. The van der Waals surface area contributed by atoms with E-state index in [4.69, 9.17) is 0 Å². The summed E-state index contributed by atoms with van der Waals surface area (Å²) in [4.78, 5) is 28.8. The van der Waals surface area contributed by atoms with Gasteiger partial charge in [-0.1, -0.05) is 36.4 Å². The summed E-state index contributed by atoms with van der Waals surface area (Å²) in [5, 5.41) is 9.73. The first-order valence-electron chi connectivity index (χ1n) is 7.30. The highest BCUT2D eigenvalue weighted by atomic mass is 32.1. The summed E-state index contributed by atoms with van der Waals surface area (Å²) in [6, 6.07) is 13.3. The quantitative estimate of drug-likeness (QED) is 0.711. The van der Waals surface area contributed by atoms with Crippen molar-refractivity contribution in [2.45, 2.75) is 13.0 Å². The zero-order chi connectivity index (χ0) is 16.8. The number of aromatic nitrogens is 1. The summed E-state index contributed by atoms with van der Waals surface area (Å²) >= 11 is 2.69. The van der Waals surface area contributed by atoms with E-state index >= 15 is 0 Å². The van der Waals surface area contributed by atoms with Crippen molar-refractivity contribution >= 4 is 39.6 Å². The highest BCUT2D eigenvalue weighted by Crippen LogP contribution is 2.18. The molecule has 2 amide bonds. The van der Waals surface area contributed by atoms with Crippen molar-refractivity contribution in [1.29, 1.82) is 0 Å². The number of hydrogen-bond donors (Lipinski definition) is 2. The van der Waals surface area contributed by atoms with Gasteiger partial charge in [0, 0.05) is 11.9 Å². The van der Waals surface area contributed by atoms with Gasteiger partial charge in [0.25, 0.3) is 5.91 Å². The van der Waals surface area contributed by atoms with Crippen LogP contribution < -0.4 is 10.6 Å². The number of amides is 2. The molecule has 0 aliphatic rings. The number of benzene rings is 1. The Morgan fingerprint density at radius 3 is 2.62 bits per heavy atom. The van der Waals surface area contributed by atoms with Gasteiger partial charge in [-0.05, 0) is 17.0 Å². The molecule has 0 atom stereocenters. The van der Waals surface area contributed by atoms with Crippen LogP contribution in [0, 0.1) is 0 Å². The minimum atomic E-state index is -0.181. The van der Waals surface area contributed by atoms with Crippen molar-refractivity contribution in [2.75, 3.05) is 5.32 Å². The second-order valence-corrected chi connectivity index (χ2v) is 6.82. The number of nitrogens with zero attached hydrogens (tertiary/aromatic N) is 1. The lowest BCUT2D eigenvalue weighted by atomic mass is 10.2. The first-order chi connectivity index (χ1) is 11.7. The maximum Gasteiger partial charge on any atom is 0.267 e. The van der Waals surface area contributed by atoms with Gasteiger partial charge in [0.15, 0.2) is 5.13 Å². The number of rotatable bonds is 6. The molecule has 0 unspecified atom stereocenters. The van der Waals surface area contributed by atoms with Gasteiger partial charge in [-0.15, -0.1) is 22.7 Å². The fourth-order valence-corrected chi connectivity index (χ4v) is 3.36. The van der Waals surface area contributed by atoms with E-state index in [1.165, 1.54) is 22.7 Å². The minimum absolute atomic E-state index is 0.0970. The van der Waals surface area contributed by atoms with Crippen LogP contribution in [0.1, 0.15) is 20.9 Å². The van der Waals surface area contributed by atoms with Crippen LogP contribution >= 0.6 is 22.7 Å². The van der Waals surface area contributed by atoms with Crippen LogP contribution in [0.5, 0.6) is 0 Å². The highest BCUT2D eigenvalue weighted by molar-refractivity contribution is 7.14. The Hall–Kier alpha value is -2.51. The lowest BCUT2D eigenvalue weighted by Crippen LogP contribution is -2.24. The second kappa shape index (κ2) is 7.85. The minimum Gasteiger partial charge on any atom is -0.352 e. The summed E-state index contributed by atoms with van der Waals surface area (Å²) in [5.41, 5.74) is 1.69. The molecular weight excluding hydrogens is 342 g/mol. The van der Waals surface area contributed by atoms with Crippen molar-refractivity contribution in [2.24, 2.45) is 0 Å². The molecule has 122 valence electrons. The van der Waals surface area contributed by atoms with E-state index in [0.717, 1.165) is 5.56 Å². The number of carbonyl (C=O) groups is 2. The lowest BCUT2D eigenvalue weighted by Gasteiger charge is -2.03. The van der Waals surface area contributed by atoms with Crippen molar-refractivity contribution < 1.29 is 9.59 Å². The zero-order valence-electron chi connectivity index (χ0n) is 12.7. The van der Waals surface area contributed by atoms with Crippen LogP contribution in [-0.4, -0.2) is 16.8 Å². The smallest absolute Gasteiger partial charge is 0.267 e. The topological polar surface area (TPSA) is 71.1 Å². The molecule has 0 aliphatic heterocycles. The van der Waals surface area contributed by atoms with Gasteiger partial charge in [-0.3, -0.25) is 14.9 Å². The van der Waals surface area contributed by atoms with E-state index in [2.05, 4.69) is 15.6 Å². The third kappa shape index (κ3) is 4.50. The largest absolute Gasteiger partial charge is 0.352 e. The summed E-state index contributed by atoms with van der Waals surface area (Å²) in [5.74, 6) is -0.278. The molecule has 2 aromatic heterocycles. The Labute approximate surface area is 147 Å². The fraction of sp³-hybridized carbons (Fsp3) is 0.118. The van der Waals surface area contributed by atoms with Crippen molar-refractivity contribution in [3.63, 3.8) is 0 Å². The Bertz CT molecular complexity index is 814. The van der Waals surface area contributed by atoms with Crippen molar-refractivity contribution in [3.8, 4) is 0 Å². The molecule has 0 aliphatic carbocycles. The van der Waals surface area contributed by atoms with Gasteiger partial charge in [0.05, 0.1) is 17.0 Å². The van der Waals surface area contributed by atoms with Crippen molar-refractivity contribution in [1.82, 2.24) is 10.3 Å². The molecule has 0 saturated carbocycles.